The standard InChI is InChI=1S/C11H14O3/c1-11(2,3)14-10-5-4-9(13)6-8(10)7-12/h4-7,13H,1-3H3. The van der Waals surface area contributed by atoms with Crippen molar-refractivity contribution in [3.63, 3.8) is 0 Å². The Morgan fingerprint density at radius 1 is 1.36 bits per heavy atom. The first kappa shape index (κ1) is 10.6. The van der Waals surface area contributed by atoms with Crippen LogP contribution in [0.2, 0.25) is 0 Å². The third-order valence-corrected chi connectivity index (χ3v) is 1.54. The van der Waals surface area contributed by atoms with Crippen molar-refractivity contribution in [2.24, 2.45) is 0 Å². The van der Waals surface area contributed by atoms with Gasteiger partial charge in [0.05, 0.1) is 5.56 Å². The largest absolute Gasteiger partial charge is 0.508 e. The Morgan fingerprint density at radius 3 is 2.50 bits per heavy atom. The minimum Gasteiger partial charge on any atom is -0.508 e. The van der Waals surface area contributed by atoms with Gasteiger partial charge in [-0.3, -0.25) is 4.79 Å². The predicted molar refractivity (Wildman–Crippen MR) is 53.9 cm³/mol. The van der Waals surface area contributed by atoms with Gasteiger partial charge in [0, 0.05) is 0 Å². The first-order valence-electron chi connectivity index (χ1n) is 4.39. The highest BCUT2D eigenvalue weighted by atomic mass is 16.5. The number of phenolic OH excluding ortho intramolecular Hbond substituents is 1. The molecule has 1 aromatic carbocycles. The number of phenols is 1. The van der Waals surface area contributed by atoms with E-state index in [0.29, 0.717) is 17.6 Å². The number of benzene rings is 1. The van der Waals surface area contributed by atoms with Gasteiger partial charge in [0.15, 0.2) is 6.29 Å². The van der Waals surface area contributed by atoms with Crippen molar-refractivity contribution in [2.75, 3.05) is 0 Å². The minimum absolute atomic E-state index is 0.0633. The Bertz CT molecular complexity index is 337. The summed E-state index contributed by atoms with van der Waals surface area (Å²) in [7, 11) is 0. The summed E-state index contributed by atoms with van der Waals surface area (Å²) >= 11 is 0. The van der Waals surface area contributed by atoms with E-state index >= 15 is 0 Å². The zero-order chi connectivity index (χ0) is 10.8. The highest BCUT2D eigenvalue weighted by Crippen LogP contribution is 2.25. The van der Waals surface area contributed by atoms with E-state index in [2.05, 4.69) is 0 Å². The van der Waals surface area contributed by atoms with Gasteiger partial charge in [0.25, 0.3) is 0 Å². The van der Waals surface area contributed by atoms with E-state index < -0.39 is 0 Å². The monoisotopic (exact) mass is 194 g/mol. The third kappa shape index (κ3) is 2.76. The van der Waals surface area contributed by atoms with Gasteiger partial charge in [-0.1, -0.05) is 0 Å². The average molecular weight is 194 g/mol. The zero-order valence-electron chi connectivity index (χ0n) is 8.57. The lowest BCUT2D eigenvalue weighted by atomic mass is 10.1. The Morgan fingerprint density at radius 2 is 2.00 bits per heavy atom. The summed E-state index contributed by atoms with van der Waals surface area (Å²) in [4.78, 5) is 10.7. The first-order valence-corrected chi connectivity index (χ1v) is 4.39. The number of aldehydes is 1. The van der Waals surface area contributed by atoms with Gasteiger partial charge in [-0.15, -0.1) is 0 Å². The zero-order valence-corrected chi connectivity index (χ0v) is 8.57. The van der Waals surface area contributed by atoms with E-state index in [9.17, 15) is 4.79 Å². The molecular formula is C11H14O3. The average Bonchev–Trinajstić information content (AvgIpc) is 2.06. The van der Waals surface area contributed by atoms with Crippen molar-refractivity contribution in [3.8, 4) is 11.5 Å². The van der Waals surface area contributed by atoms with Gasteiger partial charge < -0.3 is 9.84 Å². The molecule has 0 saturated carbocycles. The number of carbonyl (C=O) groups excluding carboxylic acids is 1. The van der Waals surface area contributed by atoms with Crippen molar-refractivity contribution in [3.05, 3.63) is 23.8 Å². The molecule has 1 N–H and O–H groups in total. The summed E-state index contributed by atoms with van der Waals surface area (Å²) in [5.41, 5.74) is 0.00859. The van der Waals surface area contributed by atoms with Gasteiger partial charge in [-0.25, -0.2) is 0 Å². The van der Waals surface area contributed by atoms with Crippen molar-refractivity contribution in [2.45, 2.75) is 26.4 Å². The van der Waals surface area contributed by atoms with Crippen molar-refractivity contribution in [1.82, 2.24) is 0 Å². The van der Waals surface area contributed by atoms with E-state index in [1.807, 2.05) is 20.8 Å². The highest BCUT2D eigenvalue weighted by Gasteiger charge is 2.14. The van der Waals surface area contributed by atoms with Crippen LogP contribution in [0.25, 0.3) is 0 Å². The van der Waals surface area contributed by atoms with Crippen LogP contribution in [0.1, 0.15) is 31.1 Å². The molecule has 0 spiro atoms. The number of carbonyl (C=O) groups is 1. The van der Waals surface area contributed by atoms with Crippen molar-refractivity contribution < 1.29 is 14.6 Å². The van der Waals surface area contributed by atoms with Crippen LogP contribution in [-0.4, -0.2) is 17.0 Å². The van der Waals surface area contributed by atoms with Crippen LogP contribution in [0, 0.1) is 0 Å². The molecular weight excluding hydrogens is 180 g/mol. The molecule has 0 bridgehead atoms. The second-order valence-corrected chi connectivity index (χ2v) is 4.05. The Labute approximate surface area is 83.3 Å². The number of hydrogen-bond donors (Lipinski definition) is 1. The van der Waals surface area contributed by atoms with Crippen LogP contribution in [0.15, 0.2) is 18.2 Å². The molecule has 3 heteroatoms. The lowest BCUT2D eigenvalue weighted by Gasteiger charge is -2.22. The molecule has 0 unspecified atom stereocenters. The molecule has 0 fully saturated rings. The van der Waals surface area contributed by atoms with Gasteiger partial charge >= 0.3 is 0 Å². The van der Waals surface area contributed by atoms with E-state index in [1.54, 1.807) is 6.07 Å². The van der Waals surface area contributed by atoms with Crippen LogP contribution in [-0.2, 0) is 0 Å². The summed E-state index contributed by atoms with van der Waals surface area (Å²) < 4.78 is 5.54. The fourth-order valence-electron chi connectivity index (χ4n) is 1.05. The summed E-state index contributed by atoms with van der Waals surface area (Å²) in [6, 6.07) is 4.46. The van der Waals surface area contributed by atoms with Crippen LogP contribution in [0.3, 0.4) is 0 Å². The molecule has 0 heterocycles. The smallest absolute Gasteiger partial charge is 0.153 e. The van der Waals surface area contributed by atoms with E-state index in [0.717, 1.165) is 0 Å². The maximum atomic E-state index is 10.7. The summed E-state index contributed by atoms with van der Waals surface area (Å²) in [6.07, 6.45) is 0.667. The van der Waals surface area contributed by atoms with Gasteiger partial charge in [-0.05, 0) is 39.0 Å². The summed E-state index contributed by atoms with van der Waals surface area (Å²) in [6.45, 7) is 5.69. The number of rotatable bonds is 2. The molecule has 0 amide bonds. The lowest BCUT2D eigenvalue weighted by molar-refractivity contribution is 0.109. The summed E-state index contributed by atoms with van der Waals surface area (Å²) in [5, 5.41) is 9.15. The fourth-order valence-corrected chi connectivity index (χ4v) is 1.05. The molecule has 0 saturated heterocycles. The molecule has 1 aromatic rings. The quantitative estimate of drug-likeness (QED) is 0.735. The molecule has 0 atom stereocenters. The summed E-state index contributed by atoms with van der Waals surface area (Å²) in [5.74, 6) is 0.554. The minimum atomic E-state index is -0.352. The normalized spacial score (nSPS) is 11.1. The number of aromatic hydroxyl groups is 1. The second kappa shape index (κ2) is 3.70. The molecule has 0 radical (unpaired) electrons. The van der Waals surface area contributed by atoms with E-state index in [4.69, 9.17) is 9.84 Å². The topological polar surface area (TPSA) is 46.5 Å². The van der Waals surface area contributed by atoms with Gasteiger partial charge in [-0.2, -0.15) is 0 Å². The molecule has 1 rings (SSSR count). The molecule has 76 valence electrons. The Kier molecular flexibility index (Phi) is 2.79. The number of hydrogen-bond acceptors (Lipinski definition) is 3. The third-order valence-electron chi connectivity index (χ3n) is 1.54. The van der Waals surface area contributed by atoms with Gasteiger partial charge in [0.1, 0.15) is 17.1 Å². The molecule has 3 nitrogen and oxygen atoms in total. The molecule has 0 aliphatic rings. The lowest BCUT2D eigenvalue weighted by Crippen LogP contribution is -2.23. The molecule has 0 aromatic heterocycles. The Hall–Kier alpha value is -1.51. The number of ether oxygens (including phenoxy) is 1. The van der Waals surface area contributed by atoms with Crippen LogP contribution in [0.4, 0.5) is 0 Å². The van der Waals surface area contributed by atoms with Crippen LogP contribution < -0.4 is 4.74 Å². The van der Waals surface area contributed by atoms with Crippen molar-refractivity contribution >= 4 is 6.29 Å². The molecule has 14 heavy (non-hydrogen) atoms. The second-order valence-electron chi connectivity index (χ2n) is 4.05. The fraction of sp³-hybridized carbons (Fsp3) is 0.364. The highest BCUT2D eigenvalue weighted by molar-refractivity contribution is 5.80. The predicted octanol–water partition coefficient (Wildman–Crippen LogP) is 2.38. The van der Waals surface area contributed by atoms with Crippen molar-refractivity contribution in [1.29, 1.82) is 0 Å². The maximum absolute atomic E-state index is 10.7. The maximum Gasteiger partial charge on any atom is 0.153 e. The molecule has 0 aliphatic carbocycles. The van der Waals surface area contributed by atoms with Crippen LogP contribution in [0.5, 0.6) is 11.5 Å². The van der Waals surface area contributed by atoms with Crippen LogP contribution >= 0.6 is 0 Å². The van der Waals surface area contributed by atoms with Gasteiger partial charge in [0.2, 0.25) is 0 Å². The van der Waals surface area contributed by atoms with E-state index in [1.165, 1.54) is 12.1 Å². The first-order chi connectivity index (χ1) is 6.42. The SMILES string of the molecule is CC(C)(C)Oc1ccc(O)cc1C=O. The Balaban J connectivity index is 3.03. The van der Waals surface area contributed by atoms with E-state index in [-0.39, 0.29) is 11.4 Å². The molecule has 0 aliphatic heterocycles.